The molecule has 0 aromatic heterocycles. The highest BCUT2D eigenvalue weighted by Gasteiger charge is 2.31. The van der Waals surface area contributed by atoms with Crippen LogP contribution < -0.4 is 16.0 Å². The second-order valence-corrected chi connectivity index (χ2v) is 36.6. The Morgan fingerprint density at radius 1 is 0.419 bits per heavy atom. The molecule has 105 heavy (non-hydrogen) atoms. The number of carbonyl (C=O) groups excluding carboxylic acids is 7. The van der Waals surface area contributed by atoms with Crippen molar-refractivity contribution in [3.63, 3.8) is 0 Å². The van der Waals surface area contributed by atoms with Crippen molar-refractivity contribution in [3.8, 4) is 6.26 Å². The second kappa shape index (κ2) is 71.9. The summed E-state index contributed by atoms with van der Waals surface area (Å²) in [6.45, 7) is 32.5. The summed E-state index contributed by atoms with van der Waals surface area (Å²) in [6, 6.07) is 3.40. The number of aliphatic hydroxyl groups excluding tert-OH is 5. The number of nitriles is 1. The highest BCUT2D eigenvalue weighted by atomic mass is 28.4. The average Bonchev–Trinajstić information content (AvgIpc) is 0.946. The molecule has 40 heteroatoms. The molecule has 3 amide bonds. The Morgan fingerprint density at radius 3 is 1.00 bits per heavy atom. The first-order valence-corrected chi connectivity index (χ1v) is 42.7. The van der Waals surface area contributed by atoms with E-state index < -0.39 is 101 Å². The Kier molecular flexibility index (Phi) is 76.8. The lowest BCUT2D eigenvalue weighted by Gasteiger charge is -2.23. The molecular formula is C65H128N4O32Si4. The van der Waals surface area contributed by atoms with Crippen molar-refractivity contribution in [2.45, 2.75) is 129 Å². The number of esters is 4. The zero-order valence-electron chi connectivity index (χ0n) is 64.4. The van der Waals surface area contributed by atoms with E-state index in [1.807, 2.05) is 19.6 Å². The molecule has 0 radical (unpaired) electrons. The number of hydrogen-bond acceptors (Lipinski definition) is 33. The van der Waals surface area contributed by atoms with Gasteiger partial charge in [0.2, 0.25) is 0 Å². The number of aliphatic hydroxyl groups is 5. The summed E-state index contributed by atoms with van der Waals surface area (Å²) in [5, 5.41) is 58.5. The number of ether oxygens (including phenoxy) is 12. The lowest BCUT2D eigenvalue weighted by molar-refractivity contribution is -0.140. The second-order valence-electron chi connectivity index (χ2n) is 22.3. The molecule has 0 bridgehead atoms. The lowest BCUT2D eigenvalue weighted by atomic mass is 10.4. The molecule has 0 spiro atoms. The van der Waals surface area contributed by atoms with Gasteiger partial charge >= 0.3 is 76.4 Å². The number of hydrogen-bond donors (Lipinski definition) is 8. The van der Waals surface area contributed by atoms with Crippen LogP contribution in [0.15, 0.2) is 61.1 Å². The van der Waals surface area contributed by atoms with Gasteiger partial charge in [-0.15, -0.1) is 0 Å². The number of rotatable bonds is 52. The van der Waals surface area contributed by atoms with Crippen molar-refractivity contribution in [2.24, 2.45) is 0 Å². The van der Waals surface area contributed by atoms with Gasteiger partial charge in [-0.2, -0.15) is 5.26 Å². The van der Waals surface area contributed by atoms with Gasteiger partial charge in [-0.05, 0) is 110 Å². The number of nitrogens with zero attached hydrogens (tertiary/aromatic N) is 1. The lowest BCUT2D eigenvalue weighted by Crippen LogP contribution is -2.38. The van der Waals surface area contributed by atoms with Crippen LogP contribution in [-0.2, 0) is 111 Å². The molecule has 0 aromatic rings. The number of methoxy groups -OCH3 is 1. The van der Waals surface area contributed by atoms with Crippen LogP contribution in [0.5, 0.6) is 0 Å². The normalized spacial score (nSPS) is 11.5. The van der Waals surface area contributed by atoms with Crippen molar-refractivity contribution >= 4 is 76.4 Å². The highest BCUT2D eigenvalue weighted by molar-refractivity contribution is 6.67. The largest absolute Gasteiger partial charge is 0.481 e. The molecule has 0 aliphatic rings. The van der Waals surface area contributed by atoms with Crippen molar-refractivity contribution in [1.82, 2.24) is 16.0 Å². The van der Waals surface area contributed by atoms with E-state index in [9.17, 15) is 33.6 Å². The summed E-state index contributed by atoms with van der Waals surface area (Å²) < 4.78 is 101. The van der Waals surface area contributed by atoms with Gasteiger partial charge < -0.3 is 134 Å². The van der Waals surface area contributed by atoms with Gasteiger partial charge in [-0.3, -0.25) is 0 Å². The molecule has 616 valence electrons. The standard InChI is InChI=1S/C23H40N2O11Si.C9H13NO5.2C9H22O5Si.C7H9NO3.C7H18O3Si.CH4/c1-17(2)20(26)33-12-9-24-22(28)35-16-19(15-32-11-8-14-37(7,30-5)31-6)36-23(29)25-10-13-34-21(27)18(3)4;1-6(2)8(12)14-5-4-10-9(13)15-7(3)11;2*1-12-15(3,13-2)6-4-5-14-8-9(11)7-10;1-6(2)7(9)11-4-3-10-5-8;1-8-6-5-7-11(4,9-2)10-3;/h19H,1,3,8-16H2,2,4-7H3,(H,24,28)(H,25,29);11H,1,3-5H2,2H3,(H,10,13);2*9-11H,4-8H2,1-3H3;1,3-4H2,2H3;5-7H2,1-4H3;1H4. The number of alkyl carbamates (subject to hydrolysis) is 3. The van der Waals surface area contributed by atoms with Crippen molar-refractivity contribution in [3.05, 3.63) is 61.1 Å². The van der Waals surface area contributed by atoms with E-state index in [0.29, 0.717) is 37.9 Å². The summed E-state index contributed by atoms with van der Waals surface area (Å²) in [6.07, 6.45) is -0.153. The van der Waals surface area contributed by atoms with Gasteiger partial charge in [0, 0.05) is 113 Å². The molecule has 0 saturated carbocycles. The van der Waals surface area contributed by atoms with E-state index in [-0.39, 0.29) is 116 Å². The molecule has 0 rings (SSSR count). The fraction of sp³-hybridized carbons (Fsp3) is 0.723. The third-order valence-corrected chi connectivity index (χ3v) is 25.1. The number of carbonyl (C=O) groups is 7. The molecule has 0 aromatic carbocycles. The molecule has 3 atom stereocenters. The molecule has 8 N–H and O–H groups in total. The summed E-state index contributed by atoms with van der Waals surface area (Å²) in [5.74, 6) is -2.84. The fourth-order valence-corrected chi connectivity index (χ4v) is 11.7. The first kappa shape index (κ1) is 112. The molecular weight excluding hydrogens is 1460 g/mol. The monoisotopic (exact) mass is 1590 g/mol. The Bertz CT molecular complexity index is 2370. The van der Waals surface area contributed by atoms with Crippen LogP contribution in [-0.4, -0.2) is 303 Å². The number of nitrogens with one attached hydrogen (secondary N) is 3. The number of amides is 3. The predicted octanol–water partition coefficient (Wildman–Crippen LogP) is 5.53. The Balaban J connectivity index is -0.000000237. The molecule has 36 nitrogen and oxygen atoms in total. The molecule has 0 aliphatic carbocycles. The van der Waals surface area contributed by atoms with E-state index in [1.54, 1.807) is 70.9 Å². The van der Waals surface area contributed by atoms with E-state index in [1.165, 1.54) is 27.0 Å². The van der Waals surface area contributed by atoms with Crippen molar-refractivity contribution in [2.75, 3.05) is 183 Å². The zero-order chi connectivity index (χ0) is 81.0. The smallest absolute Gasteiger partial charge is 0.415 e. The minimum atomic E-state index is -2.22. The van der Waals surface area contributed by atoms with Gasteiger partial charge in [-0.25, -0.2) is 33.6 Å². The third-order valence-electron chi connectivity index (χ3n) is 13.1. The molecule has 0 aliphatic heterocycles. The maximum atomic E-state index is 12.1. The Morgan fingerprint density at radius 2 is 0.714 bits per heavy atom. The maximum absolute atomic E-state index is 12.1. The maximum Gasteiger partial charge on any atom is 0.415 e. The van der Waals surface area contributed by atoms with Crippen LogP contribution in [0.25, 0.3) is 0 Å². The Labute approximate surface area is 626 Å². The van der Waals surface area contributed by atoms with Gasteiger partial charge in [0.1, 0.15) is 51.8 Å². The molecule has 0 fully saturated rings. The average molecular weight is 1590 g/mol. The molecule has 3 unspecified atom stereocenters. The van der Waals surface area contributed by atoms with Crippen LogP contribution in [0.1, 0.15) is 60.8 Å². The quantitative estimate of drug-likeness (QED) is 0.00706. The minimum absolute atomic E-state index is 0. The first-order chi connectivity index (χ1) is 48.9. The van der Waals surface area contributed by atoms with Gasteiger partial charge in [0.25, 0.3) is 12.2 Å². The van der Waals surface area contributed by atoms with Gasteiger partial charge in [0.15, 0.2) is 6.10 Å². The SMILES string of the molecule is C.C=C(C)C(=O)OCCNC(=O)OCC(COCCC[Si](C)(OC)OC)OC(=O)NCCOC(=O)C(=C)C.C=C(C)C(=O)OCCOC#N.C=C(O)OC(=O)NCCOC(=O)C(=C)C.COCCC[Si](C)(OC)OC.CO[Si](C)(CCCOCC(O)CO)OC.CO[Si](C)(CCCOCC(O)CO)OC. The Hall–Kier alpha value is -6.29. The van der Waals surface area contributed by atoms with Crippen LogP contribution >= 0.6 is 0 Å². The first-order valence-electron chi connectivity index (χ1n) is 32.6. The van der Waals surface area contributed by atoms with E-state index in [0.717, 1.165) is 44.0 Å². The molecule has 0 heterocycles. The topological polar surface area (TPSA) is 465 Å². The van der Waals surface area contributed by atoms with Crippen LogP contribution in [0.3, 0.4) is 0 Å². The van der Waals surface area contributed by atoms with E-state index in [4.69, 9.17) is 104 Å². The molecule has 0 saturated heterocycles. The minimum Gasteiger partial charge on any atom is -0.481 e. The summed E-state index contributed by atoms with van der Waals surface area (Å²) >= 11 is 0. The summed E-state index contributed by atoms with van der Waals surface area (Å²) in [4.78, 5) is 78.9. The van der Waals surface area contributed by atoms with Gasteiger partial charge in [0.05, 0.1) is 52.7 Å². The van der Waals surface area contributed by atoms with Crippen LogP contribution in [0.2, 0.25) is 50.4 Å². The predicted molar refractivity (Wildman–Crippen MR) is 396 cm³/mol. The fourth-order valence-electron chi connectivity index (χ4n) is 6.21. The highest BCUT2D eigenvalue weighted by Crippen LogP contribution is 2.17. The van der Waals surface area contributed by atoms with Gasteiger partial charge in [-0.1, -0.05) is 33.7 Å². The van der Waals surface area contributed by atoms with Crippen LogP contribution in [0.4, 0.5) is 14.4 Å². The van der Waals surface area contributed by atoms with Crippen molar-refractivity contribution in [1.29, 1.82) is 5.26 Å². The van der Waals surface area contributed by atoms with Crippen LogP contribution in [0, 0.1) is 11.5 Å². The van der Waals surface area contributed by atoms with Crippen molar-refractivity contribution < 1.29 is 151 Å². The zero-order valence-corrected chi connectivity index (χ0v) is 68.4. The van der Waals surface area contributed by atoms with E-state index in [2.05, 4.69) is 74.3 Å². The van der Waals surface area contributed by atoms with E-state index >= 15 is 0 Å². The summed E-state index contributed by atoms with van der Waals surface area (Å²) in [7, 11) is 6.98. The summed E-state index contributed by atoms with van der Waals surface area (Å²) in [5.41, 5.74) is 1.10. The third kappa shape index (κ3) is 73.0.